The molecule has 0 amide bonds. The minimum atomic E-state index is -0.349. The lowest BCUT2D eigenvalue weighted by Crippen LogP contribution is -1.89. The van der Waals surface area contributed by atoms with Gasteiger partial charge in [-0.05, 0) is 24.3 Å². The number of hydrogen-bond acceptors (Lipinski definition) is 4. The fourth-order valence-corrected chi connectivity index (χ4v) is 1.68. The van der Waals surface area contributed by atoms with Gasteiger partial charge >= 0.3 is 4.87 Å². The van der Waals surface area contributed by atoms with Gasteiger partial charge in [0.25, 0.3) is 0 Å². The second-order valence-electron chi connectivity index (χ2n) is 2.96. The molecule has 2 aromatic rings. The first-order valence-corrected chi connectivity index (χ1v) is 5.18. The van der Waals surface area contributed by atoms with Crippen LogP contribution in [0.3, 0.4) is 0 Å². The summed E-state index contributed by atoms with van der Waals surface area (Å²) in [5, 5.41) is 9.26. The average molecular weight is 238 g/mol. The van der Waals surface area contributed by atoms with Crippen molar-refractivity contribution in [2.45, 2.75) is 0 Å². The van der Waals surface area contributed by atoms with Gasteiger partial charge in [-0.2, -0.15) is 0 Å². The smallest absolute Gasteiger partial charge is 0.307 e. The van der Waals surface area contributed by atoms with E-state index in [4.69, 9.17) is 0 Å². The van der Waals surface area contributed by atoms with Crippen molar-refractivity contribution >= 4 is 23.2 Å². The third-order valence-corrected chi connectivity index (χ3v) is 2.62. The van der Waals surface area contributed by atoms with Crippen LogP contribution in [0.2, 0.25) is 0 Å². The summed E-state index contributed by atoms with van der Waals surface area (Å²) in [6.07, 6.45) is 1.35. The largest absolute Gasteiger partial charge is 0.493 e. The number of aliphatic imine (C=N–C) groups is 1. The Morgan fingerprint density at radius 1 is 1.38 bits per heavy atom. The van der Waals surface area contributed by atoms with E-state index in [1.807, 2.05) is 0 Å². The van der Waals surface area contributed by atoms with Crippen LogP contribution in [0.25, 0.3) is 0 Å². The lowest BCUT2D eigenvalue weighted by molar-refractivity contribution is 0.455. The van der Waals surface area contributed by atoms with Crippen LogP contribution in [0.4, 0.5) is 10.1 Å². The molecule has 0 fully saturated rings. The van der Waals surface area contributed by atoms with Gasteiger partial charge < -0.3 is 5.11 Å². The summed E-state index contributed by atoms with van der Waals surface area (Å²) in [4.78, 5) is 17.1. The Balaban J connectivity index is 2.24. The molecule has 0 aliphatic heterocycles. The highest BCUT2D eigenvalue weighted by Crippen LogP contribution is 2.16. The first kappa shape index (κ1) is 10.6. The number of rotatable bonds is 2. The van der Waals surface area contributed by atoms with E-state index in [0.29, 0.717) is 10.6 Å². The summed E-state index contributed by atoms with van der Waals surface area (Å²) >= 11 is 0.852. The van der Waals surface area contributed by atoms with E-state index in [0.717, 1.165) is 11.3 Å². The van der Waals surface area contributed by atoms with Crippen LogP contribution in [0.1, 0.15) is 4.88 Å². The molecule has 0 aliphatic rings. The molecule has 0 atom stereocenters. The van der Waals surface area contributed by atoms with E-state index in [9.17, 15) is 14.3 Å². The molecule has 6 heteroatoms. The number of aromatic amines is 1. The molecule has 0 aliphatic carbocycles. The van der Waals surface area contributed by atoms with Crippen LogP contribution in [0.5, 0.6) is 5.88 Å². The Morgan fingerprint density at radius 3 is 2.62 bits per heavy atom. The van der Waals surface area contributed by atoms with Gasteiger partial charge in [0.2, 0.25) is 5.88 Å². The van der Waals surface area contributed by atoms with Crippen molar-refractivity contribution in [1.82, 2.24) is 4.98 Å². The zero-order chi connectivity index (χ0) is 11.5. The highest BCUT2D eigenvalue weighted by atomic mass is 32.1. The third kappa shape index (κ3) is 2.34. The standard InChI is InChI=1S/C10H7FN2O2S/c11-6-1-3-7(4-2-6)12-5-8-9(14)13-10(15)16-8/h1-5,14H,(H,13,15). The van der Waals surface area contributed by atoms with Crippen molar-refractivity contribution in [2.75, 3.05) is 0 Å². The second-order valence-corrected chi connectivity index (χ2v) is 3.98. The zero-order valence-electron chi connectivity index (χ0n) is 7.98. The summed E-state index contributed by atoms with van der Waals surface area (Å²) in [6.45, 7) is 0. The molecule has 0 saturated carbocycles. The van der Waals surface area contributed by atoms with Gasteiger partial charge in [-0.3, -0.25) is 14.8 Å². The molecule has 0 bridgehead atoms. The number of aromatic hydroxyl groups is 1. The number of aromatic nitrogens is 1. The zero-order valence-corrected chi connectivity index (χ0v) is 8.79. The van der Waals surface area contributed by atoms with Crippen LogP contribution in [0, 0.1) is 5.82 Å². The SMILES string of the molecule is O=c1[nH]c(O)c(C=Nc2ccc(F)cc2)s1. The molecular weight excluding hydrogens is 231 g/mol. The molecule has 1 aromatic heterocycles. The van der Waals surface area contributed by atoms with Crippen LogP contribution < -0.4 is 4.87 Å². The Kier molecular flexibility index (Phi) is 2.82. The normalized spacial score (nSPS) is 11.1. The lowest BCUT2D eigenvalue weighted by Gasteiger charge is -1.92. The van der Waals surface area contributed by atoms with Crippen molar-refractivity contribution in [2.24, 2.45) is 4.99 Å². The summed E-state index contributed by atoms with van der Waals surface area (Å²) in [5.41, 5.74) is 0.543. The number of H-pyrrole nitrogens is 1. The quantitative estimate of drug-likeness (QED) is 0.786. The molecule has 1 aromatic carbocycles. The molecule has 2 N–H and O–H groups in total. The molecule has 0 unspecified atom stereocenters. The molecule has 0 radical (unpaired) electrons. The molecule has 0 saturated heterocycles. The maximum Gasteiger partial charge on any atom is 0.307 e. The Morgan fingerprint density at radius 2 is 2.06 bits per heavy atom. The van der Waals surface area contributed by atoms with Crippen molar-refractivity contribution in [3.8, 4) is 5.88 Å². The minimum absolute atomic E-state index is 0.208. The highest BCUT2D eigenvalue weighted by Gasteiger charge is 2.02. The lowest BCUT2D eigenvalue weighted by atomic mass is 10.3. The first-order chi connectivity index (χ1) is 7.65. The fourth-order valence-electron chi connectivity index (χ4n) is 1.08. The van der Waals surface area contributed by atoms with Crippen molar-refractivity contribution in [1.29, 1.82) is 0 Å². The van der Waals surface area contributed by atoms with E-state index >= 15 is 0 Å². The maximum absolute atomic E-state index is 12.6. The average Bonchev–Trinajstić information content (AvgIpc) is 2.57. The summed E-state index contributed by atoms with van der Waals surface area (Å²) < 4.78 is 12.6. The molecule has 1 heterocycles. The van der Waals surface area contributed by atoms with E-state index < -0.39 is 0 Å². The number of hydrogen-bond donors (Lipinski definition) is 2. The van der Waals surface area contributed by atoms with Crippen molar-refractivity contribution in [3.05, 3.63) is 44.6 Å². The summed E-state index contributed by atoms with van der Waals surface area (Å²) in [6, 6.07) is 5.56. The maximum atomic E-state index is 12.6. The Labute approximate surface area is 93.7 Å². The van der Waals surface area contributed by atoms with Gasteiger partial charge in [0.05, 0.1) is 11.9 Å². The van der Waals surface area contributed by atoms with Crippen molar-refractivity contribution < 1.29 is 9.50 Å². The molecule has 0 spiro atoms. The van der Waals surface area contributed by atoms with Gasteiger partial charge in [-0.15, -0.1) is 0 Å². The number of thiazole rings is 1. The van der Waals surface area contributed by atoms with E-state index in [1.54, 1.807) is 0 Å². The topological polar surface area (TPSA) is 65.5 Å². The molecular formula is C10H7FN2O2S. The van der Waals surface area contributed by atoms with Gasteiger partial charge in [-0.1, -0.05) is 11.3 Å². The van der Waals surface area contributed by atoms with Crippen LogP contribution >= 0.6 is 11.3 Å². The van der Waals surface area contributed by atoms with E-state index in [-0.39, 0.29) is 16.6 Å². The molecule has 4 nitrogen and oxygen atoms in total. The summed E-state index contributed by atoms with van der Waals surface area (Å²) in [7, 11) is 0. The number of halogens is 1. The monoisotopic (exact) mass is 238 g/mol. The first-order valence-electron chi connectivity index (χ1n) is 4.37. The van der Waals surface area contributed by atoms with Gasteiger partial charge in [0.15, 0.2) is 0 Å². The van der Waals surface area contributed by atoms with Crippen LogP contribution in [0.15, 0.2) is 34.1 Å². The van der Waals surface area contributed by atoms with Gasteiger partial charge in [-0.25, -0.2) is 4.39 Å². The van der Waals surface area contributed by atoms with Crippen molar-refractivity contribution in [3.63, 3.8) is 0 Å². The van der Waals surface area contributed by atoms with E-state index in [1.165, 1.54) is 30.5 Å². The number of nitrogens with zero attached hydrogens (tertiary/aromatic N) is 1. The number of nitrogens with one attached hydrogen (secondary N) is 1. The number of benzene rings is 1. The van der Waals surface area contributed by atoms with Gasteiger partial charge in [0, 0.05) is 0 Å². The van der Waals surface area contributed by atoms with Crippen LogP contribution in [-0.2, 0) is 0 Å². The fraction of sp³-hybridized carbons (Fsp3) is 0. The Bertz CT molecular complexity index is 571. The minimum Gasteiger partial charge on any atom is -0.493 e. The van der Waals surface area contributed by atoms with Crippen LogP contribution in [-0.4, -0.2) is 16.3 Å². The van der Waals surface area contributed by atoms with E-state index in [2.05, 4.69) is 9.98 Å². The third-order valence-electron chi connectivity index (χ3n) is 1.81. The van der Waals surface area contributed by atoms with Gasteiger partial charge in [0.1, 0.15) is 10.7 Å². The molecule has 82 valence electrons. The predicted octanol–water partition coefficient (Wildman–Crippen LogP) is 2.03. The molecule has 2 rings (SSSR count). The predicted molar refractivity (Wildman–Crippen MR) is 60.3 cm³/mol. The summed E-state index contributed by atoms with van der Waals surface area (Å²) in [5.74, 6) is -0.547. The highest BCUT2D eigenvalue weighted by molar-refractivity contribution is 7.11. The Hall–Kier alpha value is -1.95. The second kappa shape index (κ2) is 4.28. The molecule has 16 heavy (non-hydrogen) atoms.